The highest BCUT2D eigenvalue weighted by molar-refractivity contribution is 9.10. The fourth-order valence-electron chi connectivity index (χ4n) is 2.15. The summed E-state index contributed by atoms with van der Waals surface area (Å²) in [6, 6.07) is 24.8. The summed E-state index contributed by atoms with van der Waals surface area (Å²) in [6.45, 7) is 0.712. The zero-order valence-electron chi connectivity index (χ0n) is 11.5. The van der Waals surface area contributed by atoms with Gasteiger partial charge in [0, 0.05) is 5.69 Å². The molecule has 0 spiro atoms. The van der Waals surface area contributed by atoms with E-state index >= 15 is 0 Å². The number of aromatic nitrogens is 1. The van der Waals surface area contributed by atoms with Crippen molar-refractivity contribution in [3.8, 4) is 11.1 Å². The second-order valence-electron chi connectivity index (χ2n) is 4.75. The quantitative estimate of drug-likeness (QED) is 0.667. The lowest BCUT2D eigenvalue weighted by molar-refractivity contribution is 1.03. The molecule has 1 aromatic heterocycles. The topological polar surface area (TPSA) is 24.9 Å². The summed E-state index contributed by atoms with van der Waals surface area (Å²) in [4.78, 5) is 4.41. The average molecular weight is 339 g/mol. The Morgan fingerprint density at radius 3 is 2.19 bits per heavy atom. The van der Waals surface area contributed by atoms with E-state index in [-0.39, 0.29) is 0 Å². The molecule has 0 aliphatic carbocycles. The maximum absolute atomic E-state index is 4.41. The maximum atomic E-state index is 4.41. The Bertz CT molecular complexity index is 709. The van der Waals surface area contributed by atoms with Gasteiger partial charge in [0.15, 0.2) is 0 Å². The summed E-state index contributed by atoms with van der Waals surface area (Å²) < 4.78 is 0.862. The Morgan fingerprint density at radius 2 is 1.48 bits per heavy atom. The van der Waals surface area contributed by atoms with Gasteiger partial charge in [-0.1, -0.05) is 48.5 Å². The third-order valence-electron chi connectivity index (χ3n) is 3.24. The Hall–Kier alpha value is -2.13. The van der Waals surface area contributed by atoms with Crippen molar-refractivity contribution in [3.05, 3.63) is 83.1 Å². The lowest BCUT2D eigenvalue weighted by Crippen LogP contribution is -2.01. The summed E-state index contributed by atoms with van der Waals surface area (Å²) in [5.41, 5.74) is 4.56. The molecule has 0 bridgehead atoms. The van der Waals surface area contributed by atoms with Gasteiger partial charge in [0.2, 0.25) is 0 Å². The van der Waals surface area contributed by atoms with Crippen LogP contribution in [0.15, 0.2) is 77.4 Å². The van der Waals surface area contributed by atoms with Gasteiger partial charge in [-0.2, -0.15) is 0 Å². The zero-order chi connectivity index (χ0) is 14.5. The molecule has 2 aromatic carbocycles. The molecule has 0 saturated heterocycles. The molecule has 3 rings (SSSR count). The van der Waals surface area contributed by atoms with E-state index in [0.717, 1.165) is 16.0 Å². The van der Waals surface area contributed by atoms with Gasteiger partial charge < -0.3 is 5.32 Å². The van der Waals surface area contributed by atoms with Gasteiger partial charge >= 0.3 is 0 Å². The smallest absolute Gasteiger partial charge is 0.106 e. The summed E-state index contributed by atoms with van der Waals surface area (Å²) >= 11 is 3.38. The van der Waals surface area contributed by atoms with Crippen LogP contribution in [0.2, 0.25) is 0 Å². The normalized spacial score (nSPS) is 10.3. The van der Waals surface area contributed by atoms with Crippen LogP contribution in [0.5, 0.6) is 0 Å². The van der Waals surface area contributed by atoms with E-state index in [9.17, 15) is 0 Å². The van der Waals surface area contributed by atoms with Crippen LogP contribution in [0.4, 0.5) is 5.69 Å². The van der Waals surface area contributed by atoms with E-state index in [1.807, 2.05) is 24.3 Å². The van der Waals surface area contributed by atoms with Crippen molar-refractivity contribution in [2.45, 2.75) is 6.54 Å². The second-order valence-corrected chi connectivity index (χ2v) is 5.56. The predicted molar refractivity (Wildman–Crippen MR) is 91.1 cm³/mol. The lowest BCUT2D eigenvalue weighted by atomic mass is 10.1. The molecule has 1 N–H and O–H groups in total. The van der Waals surface area contributed by atoms with Crippen molar-refractivity contribution < 1.29 is 0 Å². The number of anilines is 1. The van der Waals surface area contributed by atoms with Crippen LogP contribution in [-0.2, 0) is 6.54 Å². The first-order chi connectivity index (χ1) is 10.3. The first-order valence-electron chi connectivity index (χ1n) is 6.82. The molecule has 0 amide bonds. The van der Waals surface area contributed by atoms with Gasteiger partial charge in [0.25, 0.3) is 0 Å². The van der Waals surface area contributed by atoms with Crippen LogP contribution in [0, 0.1) is 0 Å². The highest BCUT2D eigenvalue weighted by Gasteiger charge is 1.99. The molecule has 0 unspecified atom stereocenters. The van der Waals surface area contributed by atoms with Gasteiger partial charge in [-0.25, -0.2) is 4.98 Å². The van der Waals surface area contributed by atoms with E-state index in [1.165, 1.54) is 11.1 Å². The molecule has 0 aliphatic heterocycles. The minimum absolute atomic E-state index is 0.712. The lowest BCUT2D eigenvalue weighted by Gasteiger charge is -2.08. The summed E-state index contributed by atoms with van der Waals surface area (Å²) in [7, 11) is 0. The van der Waals surface area contributed by atoms with Gasteiger partial charge in [-0.05, 0) is 51.3 Å². The number of pyridine rings is 1. The van der Waals surface area contributed by atoms with Crippen molar-refractivity contribution in [2.24, 2.45) is 0 Å². The SMILES string of the molecule is Brc1cccc(CNc2ccc(-c3ccccc3)cc2)n1. The van der Waals surface area contributed by atoms with Crippen LogP contribution < -0.4 is 5.32 Å². The molecule has 3 heteroatoms. The first-order valence-corrected chi connectivity index (χ1v) is 7.61. The van der Waals surface area contributed by atoms with E-state index in [2.05, 4.69) is 74.8 Å². The van der Waals surface area contributed by atoms with E-state index in [1.54, 1.807) is 0 Å². The number of hydrogen-bond donors (Lipinski definition) is 1. The number of hydrogen-bond acceptors (Lipinski definition) is 2. The third kappa shape index (κ3) is 3.70. The van der Waals surface area contributed by atoms with Gasteiger partial charge in [0.1, 0.15) is 4.60 Å². The Morgan fingerprint density at radius 1 is 0.762 bits per heavy atom. The van der Waals surface area contributed by atoms with Gasteiger partial charge in [-0.3, -0.25) is 0 Å². The molecule has 21 heavy (non-hydrogen) atoms. The van der Waals surface area contributed by atoms with Crippen molar-refractivity contribution in [3.63, 3.8) is 0 Å². The minimum Gasteiger partial charge on any atom is -0.379 e. The molecule has 1 heterocycles. The van der Waals surface area contributed by atoms with Gasteiger partial charge in [0.05, 0.1) is 12.2 Å². The van der Waals surface area contributed by atoms with Crippen LogP contribution >= 0.6 is 15.9 Å². The maximum Gasteiger partial charge on any atom is 0.106 e. The number of halogens is 1. The fourth-order valence-corrected chi connectivity index (χ4v) is 2.53. The van der Waals surface area contributed by atoms with Crippen molar-refractivity contribution in [1.29, 1.82) is 0 Å². The fraction of sp³-hybridized carbons (Fsp3) is 0.0556. The molecule has 104 valence electrons. The number of rotatable bonds is 4. The third-order valence-corrected chi connectivity index (χ3v) is 3.68. The predicted octanol–water partition coefficient (Wildman–Crippen LogP) is 5.12. The molecular formula is C18H15BrN2. The average Bonchev–Trinajstić information content (AvgIpc) is 2.54. The Labute approximate surface area is 133 Å². The van der Waals surface area contributed by atoms with E-state index in [4.69, 9.17) is 0 Å². The molecule has 2 nitrogen and oxygen atoms in total. The summed E-state index contributed by atoms with van der Waals surface area (Å²) in [6.07, 6.45) is 0. The van der Waals surface area contributed by atoms with Crippen molar-refractivity contribution in [1.82, 2.24) is 4.98 Å². The highest BCUT2D eigenvalue weighted by Crippen LogP contribution is 2.21. The molecule has 0 radical (unpaired) electrons. The van der Waals surface area contributed by atoms with Gasteiger partial charge in [-0.15, -0.1) is 0 Å². The number of benzene rings is 2. The molecular weight excluding hydrogens is 324 g/mol. The Balaban J connectivity index is 1.68. The first kappa shape index (κ1) is 13.8. The standard InChI is InChI=1S/C18H15BrN2/c19-18-8-4-7-17(21-18)13-20-16-11-9-15(10-12-16)14-5-2-1-3-6-14/h1-12,20H,13H2. The van der Waals surface area contributed by atoms with Crippen LogP contribution in [0.1, 0.15) is 5.69 Å². The van der Waals surface area contributed by atoms with E-state index in [0.29, 0.717) is 6.54 Å². The molecule has 0 aliphatic rings. The molecule has 0 saturated carbocycles. The monoisotopic (exact) mass is 338 g/mol. The second kappa shape index (κ2) is 6.55. The zero-order valence-corrected chi connectivity index (χ0v) is 13.0. The molecule has 3 aromatic rings. The number of nitrogens with one attached hydrogen (secondary N) is 1. The largest absolute Gasteiger partial charge is 0.379 e. The van der Waals surface area contributed by atoms with Crippen LogP contribution in [0.3, 0.4) is 0 Å². The van der Waals surface area contributed by atoms with Crippen molar-refractivity contribution in [2.75, 3.05) is 5.32 Å². The summed E-state index contributed by atoms with van der Waals surface area (Å²) in [5.74, 6) is 0. The minimum atomic E-state index is 0.712. The number of nitrogens with zero attached hydrogens (tertiary/aromatic N) is 1. The van der Waals surface area contributed by atoms with Crippen LogP contribution in [-0.4, -0.2) is 4.98 Å². The van der Waals surface area contributed by atoms with Crippen molar-refractivity contribution >= 4 is 21.6 Å². The Kier molecular flexibility index (Phi) is 4.31. The molecule has 0 fully saturated rings. The van der Waals surface area contributed by atoms with Crippen LogP contribution in [0.25, 0.3) is 11.1 Å². The highest BCUT2D eigenvalue weighted by atomic mass is 79.9. The van der Waals surface area contributed by atoms with E-state index < -0.39 is 0 Å². The molecule has 0 atom stereocenters. The summed E-state index contributed by atoms with van der Waals surface area (Å²) in [5, 5.41) is 3.38.